The van der Waals surface area contributed by atoms with E-state index < -0.39 is 0 Å². The molecule has 76 valence electrons. The highest BCUT2D eigenvalue weighted by molar-refractivity contribution is 5.77. The number of likely N-dealkylation sites (N-methyl/N-ethyl adjacent to an activating group) is 1. The fraction of sp³-hybridized carbons (Fsp3) is 0.700. The molecular formula is C10H20N2O. The molecule has 0 rings (SSSR count). The van der Waals surface area contributed by atoms with Gasteiger partial charge in [-0.2, -0.15) is 0 Å². The highest BCUT2D eigenvalue weighted by Crippen LogP contribution is 1.95. The number of nitrogens with one attached hydrogen (secondary N) is 1. The van der Waals surface area contributed by atoms with E-state index in [1.54, 1.807) is 11.0 Å². The van der Waals surface area contributed by atoms with Crippen LogP contribution in [0.1, 0.15) is 13.8 Å². The van der Waals surface area contributed by atoms with Gasteiger partial charge < -0.3 is 10.2 Å². The number of carbonyl (C=O) groups is 1. The normalized spacial score (nSPS) is 10.2. The van der Waals surface area contributed by atoms with Gasteiger partial charge in [-0.25, -0.2) is 0 Å². The first-order valence-electron chi connectivity index (χ1n) is 4.63. The van der Waals surface area contributed by atoms with Crippen molar-refractivity contribution in [1.29, 1.82) is 0 Å². The highest BCUT2D eigenvalue weighted by atomic mass is 16.2. The first-order chi connectivity index (χ1) is 6.07. The fourth-order valence-corrected chi connectivity index (χ4v) is 1.07. The lowest BCUT2D eigenvalue weighted by atomic mass is 10.2. The van der Waals surface area contributed by atoms with Crippen LogP contribution in [0.4, 0.5) is 0 Å². The number of hydrogen-bond acceptors (Lipinski definition) is 2. The van der Waals surface area contributed by atoms with Crippen LogP contribution in [0.5, 0.6) is 0 Å². The quantitative estimate of drug-likeness (QED) is 0.491. The van der Waals surface area contributed by atoms with E-state index in [4.69, 9.17) is 0 Å². The molecule has 0 bridgehead atoms. The lowest BCUT2D eigenvalue weighted by molar-refractivity contribution is -0.129. The second-order valence-electron chi connectivity index (χ2n) is 3.59. The Morgan fingerprint density at radius 3 is 2.69 bits per heavy atom. The smallest absolute Gasteiger partial charge is 0.236 e. The number of hydrogen-bond donors (Lipinski definition) is 1. The molecule has 0 aromatic rings. The molecule has 0 saturated heterocycles. The van der Waals surface area contributed by atoms with Crippen LogP contribution in [0, 0.1) is 5.92 Å². The zero-order valence-electron chi connectivity index (χ0n) is 8.84. The van der Waals surface area contributed by atoms with Crippen molar-refractivity contribution in [2.45, 2.75) is 13.8 Å². The molecule has 1 N–H and O–H groups in total. The second kappa shape index (κ2) is 6.66. The Kier molecular flexibility index (Phi) is 6.24. The van der Waals surface area contributed by atoms with E-state index in [0.29, 0.717) is 19.0 Å². The first-order valence-corrected chi connectivity index (χ1v) is 4.63. The number of carbonyl (C=O) groups excluding carboxylic acids is 1. The van der Waals surface area contributed by atoms with Gasteiger partial charge in [0.15, 0.2) is 0 Å². The molecule has 0 saturated carbocycles. The molecular weight excluding hydrogens is 164 g/mol. The zero-order chi connectivity index (χ0) is 10.3. The molecule has 0 heterocycles. The van der Waals surface area contributed by atoms with Crippen LogP contribution < -0.4 is 5.32 Å². The molecule has 0 aliphatic rings. The van der Waals surface area contributed by atoms with Crippen molar-refractivity contribution in [1.82, 2.24) is 10.2 Å². The van der Waals surface area contributed by atoms with Crippen LogP contribution in [0.2, 0.25) is 0 Å². The van der Waals surface area contributed by atoms with Gasteiger partial charge in [-0.1, -0.05) is 19.9 Å². The van der Waals surface area contributed by atoms with Crippen LogP contribution in [0.15, 0.2) is 12.7 Å². The average molecular weight is 184 g/mol. The summed E-state index contributed by atoms with van der Waals surface area (Å²) in [7, 11) is 1.83. The van der Waals surface area contributed by atoms with Gasteiger partial charge in [-0.15, -0.1) is 6.58 Å². The molecule has 0 unspecified atom stereocenters. The van der Waals surface area contributed by atoms with E-state index in [2.05, 4.69) is 25.7 Å². The fourth-order valence-electron chi connectivity index (χ4n) is 1.07. The molecule has 1 amide bonds. The SMILES string of the molecule is C=CCNCC(=O)N(C)CC(C)C. The predicted octanol–water partition coefficient (Wildman–Crippen LogP) is 0.876. The third-order valence-corrected chi connectivity index (χ3v) is 1.63. The van der Waals surface area contributed by atoms with Gasteiger partial charge in [0.25, 0.3) is 0 Å². The number of nitrogens with zero attached hydrogens (tertiary/aromatic N) is 1. The Morgan fingerprint density at radius 1 is 1.62 bits per heavy atom. The van der Waals surface area contributed by atoms with E-state index in [0.717, 1.165) is 6.54 Å². The Bertz CT molecular complexity index is 166. The standard InChI is InChI=1S/C10H20N2O/c1-5-6-11-7-10(13)12(4)8-9(2)3/h5,9,11H,1,6-8H2,2-4H3. The Labute approximate surface area is 80.8 Å². The summed E-state index contributed by atoms with van der Waals surface area (Å²) in [5, 5.41) is 2.98. The molecule has 0 atom stereocenters. The summed E-state index contributed by atoms with van der Waals surface area (Å²) in [5.41, 5.74) is 0. The predicted molar refractivity (Wildman–Crippen MR) is 55.5 cm³/mol. The molecule has 0 aromatic carbocycles. The summed E-state index contributed by atoms with van der Waals surface area (Å²) in [6.07, 6.45) is 1.75. The van der Waals surface area contributed by atoms with Crippen LogP contribution in [0.25, 0.3) is 0 Å². The molecule has 3 heteroatoms. The average Bonchev–Trinajstić information content (AvgIpc) is 2.03. The molecule has 0 aliphatic carbocycles. The van der Waals surface area contributed by atoms with Gasteiger partial charge in [0.05, 0.1) is 6.54 Å². The molecule has 0 radical (unpaired) electrons. The third kappa shape index (κ3) is 6.34. The minimum absolute atomic E-state index is 0.135. The van der Waals surface area contributed by atoms with E-state index in [-0.39, 0.29) is 5.91 Å². The minimum Gasteiger partial charge on any atom is -0.344 e. The zero-order valence-corrected chi connectivity index (χ0v) is 8.84. The monoisotopic (exact) mass is 184 g/mol. The van der Waals surface area contributed by atoms with E-state index >= 15 is 0 Å². The van der Waals surface area contributed by atoms with Crippen molar-refractivity contribution >= 4 is 5.91 Å². The van der Waals surface area contributed by atoms with Gasteiger partial charge >= 0.3 is 0 Å². The molecule has 13 heavy (non-hydrogen) atoms. The van der Waals surface area contributed by atoms with E-state index in [1.807, 2.05) is 7.05 Å². The summed E-state index contributed by atoms with van der Waals surface area (Å²) in [4.78, 5) is 13.1. The van der Waals surface area contributed by atoms with Crippen LogP contribution in [-0.2, 0) is 4.79 Å². The van der Waals surface area contributed by atoms with E-state index in [1.165, 1.54) is 0 Å². The van der Waals surface area contributed by atoms with Gasteiger partial charge in [0.2, 0.25) is 5.91 Å². The van der Waals surface area contributed by atoms with Crippen molar-refractivity contribution in [2.75, 3.05) is 26.7 Å². The van der Waals surface area contributed by atoms with Gasteiger partial charge in [0, 0.05) is 20.1 Å². The molecule has 0 fully saturated rings. The maximum Gasteiger partial charge on any atom is 0.236 e. The Hall–Kier alpha value is -0.830. The maximum atomic E-state index is 11.4. The topological polar surface area (TPSA) is 32.3 Å². The third-order valence-electron chi connectivity index (χ3n) is 1.63. The lowest BCUT2D eigenvalue weighted by Crippen LogP contribution is -2.37. The van der Waals surface area contributed by atoms with Crippen molar-refractivity contribution < 1.29 is 4.79 Å². The summed E-state index contributed by atoms with van der Waals surface area (Å²) in [6, 6.07) is 0. The molecule has 3 nitrogen and oxygen atoms in total. The van der Waals surface area contributed by atoms with Crippen LogP contribution >= 0.6 is 0 Å². The largest absolute Gasteiger partial charge is 0.344 e. The van der Waals surface area contributed by atoms with Crippen molar-refractivity contribution in [3.05, 3.63) is 12.7 Å². The second-order valence-corrected chi connectivity index (χ2v) is 3.59. The number of rotatable bonds is 6. The number of amides is 1. The maximum absolute atomic E-state index is 11.4. The Balaban J connectivity index is 3.62. The van der Waals surface area contributed by atoms with Gasteiger partial charge in [-0.05, 0) is 5.92 Å². The van der Waals surface area contributed by atoms with Gasteiger partial charge in [-0.3, -0.25) is 4.79 Å². The highest BCUT2D eigenvalue weighted by Gasteiger charge is 2.08. The molecule has 0 aliphatic heterocycles. The molecule has 0 aromatic heterocycles. The van der Waals surface area contributed by atoms with Crippen molar-refractivity contribution in [2.24, 2.45) is 5.92 Å². The molecule has 0 spiro atoms. The van der Waals surface area contributed by atoms with Crippen LogP contribution in [0.3, 0.4) is 0 Å². The summed E-state index contributed by atoms with van der Waals surface area (Å²) in [6.45, 7) is 9.65. The first kappa shape index (κ1) is 12.2. The van der Waals surface area contributed by atoms with E-state index in [9.17, 15) is 4.79 Å². The van der Waals surface area contributed by atoms with Crippen molar-refractivity contribution in [3.63, 3.8) is 0 Å². The Morgan fingerprint density at radius 2 is 2.23 bits per heavy atom. The summed E-state index contributed by atoms with van der Waals surface area (Å²) < 4.78 is 0. The van der Waals surface area contributed by atoms with Gasteiger partial charge in [0.1, 0.15) is 0 Å². The minimum atomic E-state index is 0.135. The summed E-state index contributed by atoms with van der Waals surface area (Å²) in [5.74, 6) is 0.656. The summed E-state index contributed by atoms with van der Waals surface area (Å²) >= 11 is 0. The lowest BCUT2D eigenvalue weighted by Gasteiger charge is -2.19. The van der Waals surface area contributed by atoms with Crippen molar-refractivity contribution in [3.8, 4) is 0 Å². The van der Waals surface area contributed by atoms with Crippen LogP contribution in [-0.4, -0.2) is 37.5 Å².